The number of carbonyl (C=O) groups is 2. The van der Waals surface area contributed by atoms with Gasteiger partial charge in [0.2, 0.25) is 0 Å². The van der Waals surface area contributed by atoms with Gasteiger partial charge in [-0.1, -0.05) is 18.2 Å². The zero-order valence-electron chi connectivity index (χ0n) is 17.8. The Morgan fingerprint density at radius 3 is 2.31 bits per heavy atom. The molecule has 3 aliphatic rings. The highest BCUT2D eigenvalue weighted by atomic mass is 16.7. The van der Waals surface area contributed by atoms with Crippen LogP contribution < -0.4 is 4.74 Å². The number of hydroxylamine groups is 2. The Labute approximate surface area is 183 Å². The number of ether oxygens (including phenoxy) is 3. The molecule has 2 aromatic carbocycles. The molecule has 5 rings (SSSR count). The number of nitro groups is 1. The van der Waals surface area contributed by atoms with Crippen molar-refractivity contribution in [3.05, 3.63) is 69.3 Å². The summed E-state index contributed by atoms with van der Waals surface area (Å²) in [6, 6.07) is 10.7. The van der Waals surface area contributed by atoms with E-state index in [0.29, 0.717) is 16.9 Å². The van der Waals surface area contributed by atoms with Crippen LogP contribution >= 0.6 is 0 Å². The first kappa shape index (κ1) is 21.7. The summed E-state index contributed by atoms with van der Waals surface area (Å²) in [5, 5.41) is 12.8. The molecule has 2 aliphatic heterocycles. The molecule has 0 saturated carbocycles. The summed E-state index contributed by atoms with van der Waals surface area (Å²) in [5.41, 5.74) is 0.233. The second-order valence-corrected chi connectivity index (χ2v) is 7.65. The van der Waals surface area contributed by atoms with E-state index in [1.807, 2.05) is 12.1 Å². The second kappa shape index (κ2) is 8.21. The molecule has 168 valence electrons. The number of rotatable bonds is 6. The van der Waals surface area contributed by atoms with Gasteiger partial charge in [-0.2, -0.15) is 5.06 Å². The number of esters is 2. The SMILES string of the molecule is COC(=O)C1(C(=O)OC)C[C@H]2ON(Cc3ccc(OC)cc3)[C@@H]1c1ccc([N+](=O)[O-])cc12. The molecular formula is C22H22N2O8. The van der Waals surface area contributed by atoms with Crippen LogP contribution in [0.3, 0.4) is 0 Å². The molecule has 1 fully saturated rings. The maximum atomic E-state index is 13.0. The Morgan fingerprint density at radius 2 is 1.75 bits per heavy atom. The average molecular weight is 442 g/mol. The fourth-order valence-corrected chi connectivity index (χ4v) is 4.58. The lowest BCUT2D eigenvalue weighted by atomic mass is 9.65. The number of methoxy groups -OCH3 is 3. The third-order valence-electron chi connectivity index (χ3n) is 6.04. The molecule has 0 N–H and O–H groups in total. The lowest BCUT2D eigenvalue weighted by Gasteiger charge is -2.53. The van der Waals surface area contributed by atoms with E-state index >= 15 is 0 Å². The molecule has 0 unspecified atom stereocenters. The van der Waals surface area contributed by atoms with Gasteiger partial charge in [0.25, 0.3) is 5.69 Å². The van der Waals surface area contributed by atoms with Crippen molar-refractivity contribution in [2.45, 2.75) is 25.1 Å². The van der Waals surface area contributed by atoms with Crippen molar-refractivity contribution in [1.29, 1.82) is 0 Å². The molecule has 0 spiro atoms. The van der Waals surface area contributed by atoms with Crippen LogP contribution in [0.5, 0.6) is 5.75 Å². The minimum Gasteiger partial charge on any atom is -0.497 e. The molecule has 2 atom stereocenters. The van der Waals surface area contributed by atoms with Crippen LogP contribution in [0.25, 0.3) is 0 Å². The summed E-state index contributed by atoms with van der Waals surface area (Å²) >= 11 is 0. The first-order chi connectivity index (χ1) is 15.3. The molecule has 32 heavy (non-hydrogen) atoms. The van der Waals surface area contributed by atoms with Crippen LogP contribution in [-0.2, 0) is 30.4 Å². The quantitative estimate of drug-likeness (QED) is 0.288. The van der Waals surface area contributed by atoms with Crippen molar-refractivity contribution in [3.63, 3.8) is 0 Å². The highest BCUT2D eigenvalue weighted by molar-refractivity contribution is 6.01. The Balaban J connectivity index is 1.83. The van der Waals surface area contributed by atoms with E-state index in [2.05, 4.69) is 0 Å². The van der Waals surface area contributed by atoms with Crippen LogP contribution in [0, 0.1) is 15.5 Å². The molecule has 10 heteroatoms. The number of hydrogen-bond donors (Lipinski definition) is 0. The Morgan fingerprint density at radius 1 is 1.09 bits per heavy atom. The Hall–Kier alpha value is -3.50. The van der Waals surface area contributed by atoms with Crippen LogP contribution in [-0.4, -0.2) is 43.3 Å². The topological polar surface area (TPSA) is 117 Å². The predicted octanol–water partition coefficient (Wildman–Crippen LogP) is 2.87. The molecular weight excluding hydrogens is 420 g/mol. The van der Waals surface area contributed by atoms with Gasteiger partial charge in [-0.05, 0) is 28.8 Å². The standard InChI is InChI=1S/C22H22N2O8/c1-29-15-7-4-13(5-8-15)12-23-19-16-9-6-14(24(27)28)10-17(16)18(32-23)11-22(19,20(25)30-2)21(26)31-3/h4-10,18-19H,11-12H2,1-3H3/t18-,19-/m1/s1. The lowest BCUT2D eigenvalue weighted by molar-refractivity contribution is -0.385. The maximum absolute atomic E-state index is 13.0. The summed E-state index contributed by atoms with van der Waals surface area (Å²) in [6.07, 6.45) is -0.823. The highest BCUT2D eigenvalue weighted by Gasteiger charge is 2.65. The van der Waals surface area contributed by atoms with Crippen molar-refractivity contribution in [1.82, 2.24) is 5.06 Å². The first-order valence-electron chi connectivity index (χ1n) is 9.87. The number of carbonyl (C=O) groups excluding carboxylic acids is 2. The Kier molecular flexibility index (Phi) is 5.57. The van der Waals surface area contributed by atoms with Gasteiger partial charge in [-0.25, -0.2) is 0 Å². The van der Waals surface area contributed by atoms with E-state index in [4.69, 9.17) is 19.0 Å². The summed E-state index contributed by atoms with van der Waals surface area (Å²) in [7, 11) is 3.99. The average Bonchev–Trinajstić information content (AvgIpc) is 2.82. The number of nitrogens with zero attached hydrogens (tertiary/aromatic N) is 2. The number of fused-ring (bicyclic) bond motifs is 2. The smallest absolute Gasteiger partial charge is 0.325 e. The molecule has 2 heterocycles. The third kappa shape index (κ3) is 3.28. The molecule has 1 saturated heterocycles. The normalized spacial score (nSPS) is 20.8. The molecule has 0 radical (unpaired) electrons. The summed E-state index contributed by atoms with van der Waals surface area (Å²) in [5.74, 6) is -0.802. The van der Waals surface area contributed by atoms with Crippen LogP contribution in [0.2, 0.25) is 0 Å². The molecule has 2 bridgehead atoms. The van der Waals surface area contributed by atoms with E-state index in [-0.39, 0.29) is 18.7 Å². The number of non-ortho nitro benzene ring substituents is 1. The Bertz CT molecular complexity index is 1050. The van der Waals surface area contributed by atoms with Gasteiger partial charge < -0.3 is 14.2 Å². The predicted molar refractivity (Wildman–Crippen MR) is 109 cm³/mol. The van der Waals surface area contributed by atoms with Crippen LogP contribution in [0.15, 0.2) is 42.5 Å². The van der Waals surface area contributed by atoms with E-state index < -0.39 is 34.4 Å². The van der Waals surface area contributed by atoms with Crippen molar-refractivity contribution in [3.8, 4) is 5.75 Å². The number of hydrogen-bond acceptors (Lipinski definition) is 9. The van der Waals surface area contributed by atoms with Gasteiger partial charge in [0.1, 0.15) is 11.9 Å². The van der Waals surface area contributed by atoms with Crippen LogP contribution in [0.1, 0.15) is 35.3 Å². The van der Waals surface area contributed by atoms with Gasteiger partial charge in [0.05, 0.1) is 32.3 Å². The summed E-state index contributed by atoms with van der Waals surface area (Å²) in [4.78, 5) is 42.9. The third-order valence-corrected chi connectivity index (χ3v) is 6.04. The van der Waals surface area contributed by atoms with E-state index in [0.717, 1.165) is 5.56 Å². The largest absolute Gasteiger partial charge is 0.497 e. The monoisotopic (exact) mass is 442 g/mol. The van der Waals surface area contributed by atoms with E-state index in [1.54, 1.807) is 30.4 Å². The van der Waals surface area contributed by atoms with Gasteiger partial charge in [-0.3, -0.25) is 24.5 Å². The van der Waals surface area contributed by atoms with Crippen molar-refractivity contribution in [2.75, 3.05) is 21.3 Å². The molecule has 10 nitrogen and oxygen atoms in total. The molecule has 0 amide bonds. The number of nitro benzene ring substituents is 1. The minimum absolute atomic E-state index is 0.0513. The fourth-order valence-electron chi connectivity index (χ4n) is 4.58. The van der Waals surface area contributed by atoms with Crippen LogP contribution in [0.4, 0.5) is 5.69 Å². The fraction of sp³-hybridized carbons (Fsp3) is 0.364. The van der Waals surface area contributed by atoms with Gasteiger partial charge in [0.15, 0.2) is 5.41 Å². The zero-order valence-corrected chi connectivity index (χ0v) is 17.8. The second-order valence-electron chi connectivity index (χ2n) is 7.65. The summed E-state index contributed by atoms with van der Waals surface area (Å²) in [6.45, 7) is 0.247. The van der Waals surface area contributed by atoms with E-state index in [9.17, 15) is 19.7 Å². The highest BCUT2D eigenvalue weighted by Crippen LogP contribution is 2.59. The van der Waals surface area contributed by atoms with Gasteiger partial charge in [-0.15, -0.1) is 0 Å². The van der Waals surface area contributed by atoms with Gasteiger partial charge in [0, 0.05) is 25.1 Å². The van der Waals surface area contributed by atoms with Crippen molar-refractivity contribution < 1.29 is 33.6 Å². The lowest BCUT2D eigenvalue weighted by Crippen LogP contribution is -2.59. The first-order valence-corrected chi connectivity index (χ1v) is 9.87. The molecule has 0 aromatic heterocycles. The van der Waals surface area contributed by atoms with Gasteiger partial charge >= 0.3 is 11.9 Å². The minimum atomic E-state index is -1.68. The molecule has 1 aliphatic carbocycles. The summed E-state index contributed by atoms with van der Waals surface area (Å²) < 4.78 is 15.2. The molecule has 2 aromatic rings. The van der Waals surface area contributed by atoms with E-state index in [1.165, 1.54) is 26.4 Å². The zero-order chi connectivity index (χ0) is 23.0. The van der Waals surface area contributed by atoms with Crippen molar-refractivity contribution in [2.24, 2.45) is 5.41 Å². The maximum Gasteiger partial charge on any atom is 0.325 e. The number of benzene rings is 2. The van der Waals surface area contributed by atoms with Crippen molar-refractivity contribution >= 4 is 17.6 Å².